The van der Waals surface area contributed by atoms with E-state index >= 15 is 0 Å². The molecule has 2 aromatic carbocycles. The van der Waals surface area contributed by atoms with Crippen LogP contribution in [-0.4, -0.2) is 50.3 Å². The SMILES string of the molecule is OC1CCN(c2ccc(C=NNc3ncnc4c3cnn4-c3cccc(Cl)c3)cc2)CC1. The zero-order valence-corrected chi connectivity index (χ0v) is 18.0. The van der Waals surface area contributed by atoms with E-state index in [4.69, 9.17) is 11.6 Å². The molecule has 1 fully saturated rings. The van der Waals surface area contributed by atoms with Gasteiger partial charge in [-0.3, -0.25) is 5.43 Å². The fraction of sp³-hybridized carbons (Fsp3) is 0.217. The molecule has 1 saturated heterocycles. The number of aromatic nitrogens is 4. The molecule has 8 nitrogen and oxygen atoms in total. The van der Waals surface area contributed by atoms with Crippen molar-refractivity contribution in [2.24, 2.45) is 5.10 Å². The first-order chi connectivity index (χ1) is 15.7. The van der Waals surface area contributed by atoms with Gasteiger partial charge in [0.15, 0.2) is 11.5 Å². The second kappa shape index (κ2) is 8.94. The summed E-state index contributed by atoms with van der Waals surface area (Å²) >= 11 is 6.11. The summed E-state index contributed by atoms with van der Waals surface area (Å²) in [7, 11) is 0. The monoisotopic (exact) mass is 447 g/mol. The van der Waals surface area contributed by atoms with Crippen molar-refractivity contribution in [3.05, 3.63) is 71.6 Å². The summed E-state index contributed by atoms with van der Waals surface area (Å²) in [6.45, 7) is 1.76. The molecule has 2 aromatic heterocycles. The van der Waals surface area contributed by atoms with Crippen LogP contribution in [0.25, 0.3) is 16.7 Å². The second-order valence-electron chi connectivity index (χ2n) is 7.68. The molecule has 0 bridgehead atoms. The van der Waals surface area contributed by atoms with Crippen LogP contribution in [0.1, 0.15) is 18.4 Å². The maximum absolute atomic E-state index is 9.67. The summed E-state index contributed by atoms with van der Waals surface area (Å²) in [4.78, 5) is 11.0. The third kappa shape index (κ3) is 4.28. The van der Waals surface area contributed by atoms with Gasteiger partial charge in [0.25, 0.3) is 0 Å². The third-order valence-electron chi connectivity index (χ3n) is 5.53. The normalized spacial score (nSPS) is 15.0. The summed E-state index contributed by atoms with van der Waals surface area (Å²) in [6.07, 6.45) is 6.39. The highest BCUT2D eigenvalue weighted by molar-refractivity contribution is 6.30. The van der Waals surface area contributed by atoms with E-state index in [1.54, 1.807) is 17.1 Å². The number of hydrazone groups is 1. The van der Waals surface area contributed by atoms with Crippen LogP contribution in [0.4, 0.5) is 11.5 Å². The molecule has 0 amide bonds. The molecule has 0 unspecified atom stereocenters. The van der Waals surface area contributed by atoms with Gasteiger partial charge >= 0.3 is 0 Å². The number of halogens is 1. The van der Waals surface area contributed by atoms with E-state index in [0.717, 1.165) is 48.3 Å². The molecule has 162 valence electrons. The number of piperidine rings is 1. The van der Waals surface area contributed by atoms with Crippen molar-refractivity contribution in [1.82, 2.24) is 19.7 Å². The minimum absolute atomic E-state index is 0.172. The van der Waals surface area contributed by atoms with E-state index in [-0.39, 0.29) is 6.10 Å². The van der Waals surface area contributed by atoms with Crippen LogP contribution in [-0.2, 0) is 0 Å². The molecule has 0 radical (unpaired) electrons. The highest BCUT2D eigenvalue weighted by atomic mass is 35.5. The molecule has 0 spiro atoms. The number of hydrogen-bond acceptors (Lipinski definition) is 7. The van der Waals surface area contributed by atoms with Crippen LogP contribution < -0.4 is 10.3 Å². The number of aliphatic hydroxyl groups excluding tert-OH is 1. The average Bonchev–Trinajstić information content (AvgIpc) is 3.25. The van der Waals surface area contributed by atoms with E-state index in [1.807, 2.05) is 36.4 Å². The number of rotatable bonds is 5. The first-order valence-electron chi connectivity index (χ1n) is 10.4. The van der Waals surface area contributed by atoms with Crippen LogP contribution in [0, 0.1) is 0 Å². The Morgan fingerprint density at radius 2 is 1.88 bits per heavy atom. The van der Waals surface area contributed by atoms with Gasteiger partial charge in [-0.25, -0.2) is 14.6 Å². The molecule has 0 saturated carbocycles. The van der Waals surface area contributed by atoms with Gasteiger partial charge in [-0.05, 0) is 48.7 Å². The van der Waals surface area contributed by atoms with Crippen molar-refractivity contribution in [3.63, 3.8) is 0 Å². The Morgan fingerprint density at radius 1 is 1.06 bits per heavy atom. The van der Waals surface area contributed by atoms with E-state index in [9.17, 15) is 5.11 Å². The molecule has 4 aromatic rings. The molecule has 1 aliphatic heterocycles. The lowest BCUT2D eigenvalue weighted by Gasteiger charge is -2.31. The van der Waals surface area contributed by atoms with Crippen molar-refractivity contribution < 1.29 is 5.11 Å². The maximum atomic E-state index is 9.67. The standard InChI is InChI=1S/C23H22ClN7O/c24-17-2-1-3-19(12-17)31-23-21(14-28-31)22(25-15-26-23)29-27-13-16-4-6-18(7-5-16)30-10-8-20(32)9-11-30/h1-7,12-15,20,32H,8-11H2,(H,25,26,29). The van der Waals surface area contributed by atoms with Gasteiger partial charge < -0.3 is 10.0 Å². The van der Waals surface area contributed by atoms with Crippen molar-refractivity contribution in [2.75, 3.05) is 23.4 Å². The summed E-state index contributed by atoms with van der Waals surface area (Å²) in [5.41, 5.74) is 6.61. The summed E-state index contributed by atoms with van der Waals surface area (Å²) < 4.78 is 1.72. The highest BCUT2D eigenvalue weighted by Gasteiger charge is 2.17. The maximum Gasteiger partial charge on any atom is 0.168 e. The number of aliphatic hydroxyl groups is 1. The van der Waals surface area contributed by atoms with Gasteiger partial charge in [0.1, 0.15) is 6.33 Å². The molecular weight excluding hydrogens is 426 g/mol. The smallest absolute Gasteiger partial charge is 0.168 e. The van der Waals surface area contributed by atoms with Crippen molar-refractivity contribution in [3.8, 4) is 5.69 Å². The minimum Gasteiger partial charge on any atom is -0.393 e. The topological polar surface area (TPSA) is 91.5 Å². The van der Waals surface area contributed by atoms with Gasteiger partial charge in [0.05, 0.1) is 29.6 Å². The third-order valence-corrected chi connectivity index (χ3v) is 5.76. The van der Waals surface area contributed by atoms with Gasteiger partial charge in [0, 0.05) is 23.8 Å². The molecule has 32 heavy (non-hydrogen) atoms. The molecule has 3 heterocycles. The molecule has 0 aliphatic carbocycles. The molecule has 5 rings (SSSR count). The number of anilines is 2. The Labute approximate surface area is 190 Å². The zero-order valence-electron chi connectivity index (χ0n) is 17.3. The van der Waals surface area contributed by atoms with Crippen LogP contribution in [0.15, 0.2) is 66.2 Å². The first-order valence-corrected chi connectivity index (χ1v) is 10.8. The zero-order chi connectivity index (χ0) is 21.9. The van der Waals surface area contributed by atoms with Crippen molar-refractivity contribution in [2.45, 2.75) is 18.9 Å². The van der Waals surface area contributed by atoms with Crippen LogP contribution in [0.2, 0.25) is 5.02 Å². The van der Waals surface area contributed by atoms with E-state index < -0.39 is 0 Å². The Morgan fingerprint density at radius 3 is 2.66 bits per heavy atom. The Hall–Kier alpha value is -3.49. The molecule has 9 heteroatoms. The number of benzene rings is 2. The highest BCUT2D eigenvalue weighted by Crippen LogP contribution is 2.23. The molecule has 1 aliphatic rings. The fourth-order valence-corrected chi connectivity index (χ4v) is 3.98. The average molecular weight is 448 g/mol. The van der Waals surface area contributed by atoms with Gasteiger partial charge in [0.2, 0.25) is 0 Å². The lowest BCUT2D eigenvalue weighted by molar-refractivity contribution is 0.145. The lowest BCUT2D eigenvalue weighted by Crippen LogP contribution is -2.35. The largest absolute Gasteiger partial charge is 0.393 e. The van der Waals surface area contributed by atoms with Crippen LogP contribution in [0.3, 0.4) is 0 Å². The van der Waals surface area contributed by atoms with E-state index in [2.05, 4.69) is 42.6 Å². The fourth-order valence-electron chi connectivity index (χ4n) is 3.79. The number of nitrogens with one attached hydrogen (secondary N) is 1. The first kappa shape index (κ1) is 20.4. The predicted octanol–water partition coefficient (Wildman–Crippen LogP) is 3.88. The number of hydrogen-bond donors (Lipinski definition) is 2. The number of fused-ring (bicyclic) bond motifs is 1. The second-order valence-corrected chi connectivity index (χ2v) is 8.11. The quantitative estimate of drug-likeness (QED) is 0.356. The van der Waals surface area contributed by atoms with Gasteiger partial charge in [-0.15, -0.1) is 0 Å². The van der Waals surface area contributed by atoms with Crippen LogP contribution >= 0.6 is 11.6 Å². The van der Waals surface area contributed by atoms with Crippen molar-refractivity contribution in [1.29, 1.82) is 0 Å². The van der Waals surface area contributed by atoms with Gasteiger partial charge in [-0.1, -0.05) is 29.8 Å². The van der Waals surface area contributed by atoms with Gasteiger partial charge in [-0.2, -0.15) is 10.2 Å². The molecular formula is C23H22ClN7O. The van der Waals surface area contributed by atoms with E-state index in [0.29, 0.717) is 16.5 Å². The van der Waals surface area contributed by atoms with E-state index in [1.165, 1.54) is 6.33 Å². The molecule has 0 atom stereocenters. The summed E-state index contributed by atoms with van der Waals surface area (Å²) in [5.74, 6) is 0.572. The Kier molecular flexibility index (Phi) is 5.70. The van der Waals surface area contributed by atoms with Crippen LogP contribution in [0.5, 0.6) is 0 Å². The Balaban J connectivity index is 1.30. The minimum atomic E-state index is -0.172. The number of nitrogens with zero attached hydrogens (tertiary/aromatic N) is 6. The van der Waals surface area contributed by atoms with Crippen molar-refractivity contribution >= 4 is 40.4 Å². The lowest BCUT2D eigenvalue weighted by atomic mass is 10.1. The summed E-state index contributed by atoms with van der Waals surface area (Å²) in [5, 5.41) is 19.8. The Bertz CT molecular complexity index is 1250. The summed E-state index contributed by atoms with van der Waals surface area (Å²) in [6, 6.07) is 15.6. The predicted molar refractivity (Wildman–Crippen MR) is 127 cm³/mol. The molecule has 2 N–H and O–H groups in total.